The number of ether oxygens (including phenoxy) is 1. The van der Waals surface area contributed by atoms with E-state index in [1.807, 2.05) is 32.9 Å². The van der Waals surface area contributed by atoms with Crippen LogP contribution in [-0.2, 0) is 4.74 Å². The van der Waals surface area contributed by atoms with Crippen LogP contribution < -0.4 is 11.1 Å². The van der Waals surface area contributed by atoms with Gasteiger partial charge in [0.1, 0.15) is 5.60 Å². The zero-order valence-corrected chi connectivity index (χ0v) is 14.8. The second kappa shape index (κ2) is 7.79. The summed E-state index contributed by atoms with van der Waals surface area (Å²) in [6.07, 6.45) is 5.11. The third kappa shape index (κ3) is 5.31. The first kappa shape index (κ1) is 18.4. The number of anilines is 1. The Balaban J connectivity index is 2.27. The number of nitrogens with one attached hydrogen (secondary N) is 1. The van der Waals surface area contributed by atoms with Crippen molar-refractivity contribution in [3.05, 3.63) is 55.0 Å². The van der Waals surface area contributed by atoms with Crippen LogP contribution in [-0.4, -0.2) is 21.7 Å². The second-order valence-electron chi connectivity index (χ2n) is 6.63. The lowest BCUT2D eigenvalue weighted by atomic mass is 10.0. The van der Waals surface area contributed by atoms with Crippen LogP contribution in [0.15, 0.2) is 49.3 Å². The van der Waals surface area contributed by atoms with E-state index in [1.165, 1.54) is 0 Å². The standard InChI is InChI=1S/C19H24N4O2/c1-5-7-15(23-18(24)25-19(2,3)4)16-12-13(9-11-21-16)17-14(20)8-6-10-22-17/h5-6,8-12,15H,1,7,20H2,2-4H3,(H,23,24)/t15-/m0/s1. The molecular formula is C19H24N4O2. The molecule has 0 unspecified atom stereocenters. The number of nitrogen functional groups attached to an aromatic ring is 1. The highest BCUT2D eigenvalue weighted by Crippen LogP contribution is 2.26. The average Bonchev–Trinajstić information content (AvgIpc) is 2.53. The minimum Gasteiger partial charge on any atom is -0.444 e. The van der Waals surface area contributed by atoms with Gasteiger partial charge in [0.15, 0.2) is 0 Å². The van der Waals surface area contributed by atoms with Crippen LogP contribution in [0.4, 0.5) is 10.5 Å². The maximum Gasteiger partial charge on any atom is 0.408 e. The molecule has 0 fully saturated rings. The molecule has 0 spiro atoms. The molecule has 2 aromatic rings. The van der Waals surface area contributed by atoms with Crippen LogP contribution in [0, 0.1) is 0 Å². The van der Waals surface area contributed by atoms with Crippen molar-refractivity contribution < 1.29 is 9.53 Å². The van der Waals surface area contributed by atoms with Crippen molar-refractivity contribution in [2.75, 3.05) is 5.73 Å². The van der Waals surface area contributed by atoms with Gasteiger partial charge in [-0.15, -0.1) is 6.58 Å². The molecule has 0 aliphatic carbocycles. The van der Waals surface area contributed by atoms with Crippen molar-refractivity contribution >= 4 is 11.8 Å². The molecule has 2 rings (SSSR count). The van der Waals surface area contributed by atoms with Crippen molar-refractivity contribution in [1.29, 1.82) is 0 Å². The Labute approximate surface area is 148 Å². The van der Waals surface area contributed by atoms with Gasteiger partial charge in [-0.25, -0.2) is 4.79 Å². The van der Waals surface area contributed by atoms with E-state index in [-0.39, 0.29) is 6.04 Å². The van der Waals surface area contributed by atoms with Crippen LogP contribution in [0.2, 0.25) is 0 Å². The quantitative estimate of drug-likeness (QED) is 0.806. The smallest absolute Gasteiger partial charge is 0.408 e. The van der Waals surface area contributed by atoms with Gasteiger partial charge < -0.3 is 15.8 Å². The zero-order valence-electron chi connectivity index (χ0n) is 14.8. The van der Waals surface area contributed by atoms with Gasteiger partial charge in [0.25, 0.3) is 0 Å². The Kier molecular flexibility index (Phi) is 5.75. The summed E-state index contributed by atoms with van der Waals surface area (Å²) < 4.78 is 5.33. The number of hydrogen-bond acceptors (Lipinski definition) is 5. The van der Waals surface area contributed by atoms with Gasteiger partial charge in [-0.05, 0) is 51.5 Å². The van der Waals surface area contributed by atoms with E-state index in [0.717, 1.165) is 5.56 Å². The minimum absolute atomic E-state index is 0.350. The van der Waals surface area contributed by atoms with E-state index >= 15 is 0 Å². The molecule has 0 aromatic carbocycles. The molecule has 1 atom stereocenters. The van der Waals surface area contributed by atoms with Gasteiger partial charge in [0, 0.05) is 18.0 Å². The summed E-state index contributed by atoms with van der Waals surface area (Å²) in [5, 5.41) is 2.84. The van der Waals surface area contributed by atoms with E-state index in [9.17, 15) is 4.79 Å². The number of aromatic nitrogens is 2. The Bertz CT molecular complexity index is 753. The molecule has 0 aliphatic rings. The van der Waals surface area contributed by atoms with Crippen LogP contribution in [0.5, 0.6) is 0 Å². The Hall–Kier alpha value is -2.89. The number of nitrogens with two attached hydrogens (primary N) is 1. The summed E-state index contributed by atoms with van der Waals surface area (Å²) in [7, 11) is 0. The van der Waals surface area contributed by atoms with E-state index in [0.29, 0.717) is 23.5 Å². The summed E-state index contributed by atoms with van der Waals surface area (Å²) in [5.74, 6) is 0. The summed E-state index contributed by atoms with van der Waals surface area (Å²) >= 11 is 0. The molecule has 6 nitrogen and oxygen atoms in total. The first-order valence-corrected chi connectivity index (χ1v) is 8.07. The van der Waals surface area contributed by atoms with Gasteiger partial charge in [0.05, 0.1) is 23.1 Å². The van der Waals surface area contributed by atoms with Gasteiger partial charge in [-0.1, -0.05) is 6.08 Å². The number of carbonyl (C=O) groups is 1. The van der Waals surface area contributed by atoms with Gasteiger partial charge in [0.2, 0.25) is 0 Å². The molecule has 0 aliphatic heterocycles. The molecule has 0 saturated heterocycles. The highest BCUT2D eigenvalue weighted by Gasteiger charge is 2.21. The van der Waals surface area contributed by atoms with E-state index in [4.69, 9.17) is 10.5 Å². The summed E-state index contributed by atoms with van der Waals surface area (Å²) in [5.41, 5.74) is 8.22. The first-order valence-electron chi connectivity index (χ1n) is 8.07. The molecule has 1 amide bonds. The lowest BCUT2D eigenvalue weighted by Gasteiger charge is -2.23. The number of pyridine rings is 2. The number of carbonyl (C=O) groups excluding carboxylic acids is 1. The monoisotopic (exact) mass is 340 g/mol. The fraction of sp³-hybridized carbons (Fsp3) is 0.316. The summed E-state index contributed by atoms with van der Waals surface area (Å²) in [4.78, 5) is 20.8. The molecule has 0 bridgehead atoms. The second-order valence-corrected chi connectivity index (χ2v) is 6.63. The number of alkyl carbamates (subject to hydrolysis) is 1. The Morgan fingerprint density at radius 3 is 2.76 bits per heavy atom. The summed E-state index contributed by atoms with van der Waals surface area (Å²) in [6, 6.07) is 6.93. The van der Waals surface area contributed by atoms with Crippen molar-refractivity contribution in [2.24, 2.45) is 0 Å². The van der Waals surface area contributed by atoms with Crippen LogP contribution >= 0.6 is 0 Å². The number of nitrogens with zero attached hydrogens (tertiary/aromatic N) is 2. The highest BCUT2D eigenvalue weighted by atomic mass is 16.6. The van der Waals surface area contributed by atoms with Crippen molar-refractivity contribution in [3.63, 3.8) is 0 Å². The molecule has 0 saturated carbocycles. The van der Waals surface area contributed by atoms with E-state index < -0.39 is 11.7 Å². The topological polar surface area (TPSA) is 90.1 Å². The molecule has 0 radical (unpaired) electrons. The fourth-order valence-corrected chi connectivity index (χ4v) is 2.32. The van der Waals surface area contributed by atoms with Crippen molar-refractivity contribution in [3.8, 4) is 11.3 Å². The average molecular weight is 340 g/mol. The Morgan fingerprint density at radius 2 is 2.12 bits per heavy atom. The van der Waals surface area contributed by atoms with Crippen molar-refractivity contribution in [1.82, 2.24) is 15.3 Å². The third-order valence-corrected chi connectivity index (χ3v) is 3.34. The SMILES string of the molecule is C=CC[C@H](NC(=O)OC(C)(C)C)c1cc(-c2ncccc2N)ccn1. The van der Waals surface area contributed by atoms with Crippen LogP contribution in [0.3, 0.4) is 0 Å². The van der Waals surface area contributed by atoms with Crippen molar-refractivity contribution in [2.45, 2.75) is 38.8 Å². The molecule has 2 aromatic heterocycles. The van der Waals surface area contributed by atoms with E-state index in [2.05, 4.69) is 21.9 Å². The molecule has 6 heteroatoms. The predicted molar refractivity (Wildman–Crippen MR) is 98.8 cm³/mol. The normalized spacial score (nSPS) is 12.3. The molecule has 132 valence electrons. The van der Waals surface area contributed by atoms with Crippen LogP contribution in [0.25, 0.3) is 11.3 Å². The largest absolute Gasteiger partial charge is 0.444 e. The summed E-state index contributed by atoms with van der Waals surface area (Å²) in [6.45, 7) is 9.20. The zero-order chi connectivity index (χ0) is 18.4. The van der Waals surface area contributed by atoms with Gasteiger partial charge >= 0.3 is 6.09 Å². The molecular weight excluding hydrogens is 316 g/mol. The van der Waals surface area contributed by atoms with E-state index in [1.54, 1.807) is 30.6 Å². The maximum atomic E-state index is 12.1. The first-order chi connectivity index (χ1) is 11.8. The minimum atomic E-state index is -0.569. The third-order valence-electron chi connectivity index (χ3n) is 3.34. The number of amides is 1. The number of rotatable bonds is 5. The predicted octanol–water partition coefficient (Wildman–Crippen LogP) is 3.87. The van der Waals surface area contributed by atoms with Gasteiger partial charge in [-0.2, -0.15) is 0 Å². The maximum absolute atomic E-state index is 12.1. The van der Waals surface area contributed by atoms with Gasteiger partial charge in [-0.3, -0.25) is 9.97 Å². The molecule has 25 heavy (non-hydrogen) atoms. The molecule has 2 heterocycles. The lowest BCUT2D eigenvalue weighted by molar-refractivity contribution is 0.0503. The number of hydrogen-bond donors (Lipinski definition) is 2. The molecule has 3 N–H and O–H groups in total. The van der Waals surface area contributed by atoms with Crippen LogP contribution in [0.1, 0.15) is 38.9 Å². The highest BCUT2D eigenvalue weighted by molar-refractivity contribution is 5.72. The fourth-order valence-electron chi connectivity index (χ4n) is 2.32. The lowest BCUT2D eigenvalue weighted by Crippen LogP contribution is -2.35. The Morgan fingerprint density at radius 1 is 1.36 bits per heavy atom.